The number of carbonyl (C=O) groups is 1. The average Bonchev–Trinajstić information content (AvgIpc) is 2.79. The topological polar surface area (TPSA) is 65.2 Å². The van der Waals surface area contributed by atoms with Crippen LogP contribution in [-0.2, 0) is 10.9 Å². The summed E-state index contributed by atoms with van der Waals surface area (Å²) in [5.41, 5.74) is -0.709. The predicted molar refractivity (Wildman–Crippen MR) is 60.8 cm³/mol. The Bertz CT molecular complexity index is 632. The highest BCUT2D eigenvalue weighted by molar-refractivity contribution is 5.96. The molecular weight excluding hydrogens is 277 g/mol. The molecule has 0 aliphatic carbocycles. The highest BCUT2D eigenvalue weighted by Crippen LogP contribution is 2.30. The van der Waals surface area contributed by atoms with Gasteiger partial charge in [0, 0.05) is 6.20 Å². The van der Waals surface area contributed by atoms with Gasteiger partial charge in [-0.3, -0.25) is 4.98 Å². The largest absolute Gasteiger partial charge is 0.465 e. The first-order chi connectivity index (χ1) is 9.34. The molecule has 0 spiro atoms. The van der Waals surface area contributed by atoms with Gasteiger partial charge in [-0.1, -0.05) is 5.16 Å². The summed E-state index contributed by atoms with van der Waals surface area (Å²) in [6.07, 6.45) is -3.81. The van der Waals surface area contributed by atoms with Crippen molar-refractivity contribution in [2.45, 2.75) is 13.1 Å². The van der Waals surface area contributed by atoms with Gasteiger partial charge in [0.25, 0.3) is 0 Å². The van der Waals surface area contributed by atoms with Crippen molar-refractivity contribution < 1.29 is 27.2 Å². The van der Waals surface area contributed by atoms with E-state index in [0.717, 1.165) is 12.1 Å². The third-order valence-corrected chi connectivity index (χ3v) is 2.59. The Morgan fingerprint density at radius 2 is 2.05 bits per heavy atom. The molecule has 20 heavy (non-hydrogen) atoms. The zero-order chi connectivity index (χ0) is 14.9. The second kappa shape index (κ2) is 4.95. The van der Waals surface area contributed by atoms with Crippen LogP contribution in [0, 0.1) is 6.92 Å². The predicted octanol–water partition coefficient (Wildman–Crippen LogP) is 2.85. The van der Waals surface area contributed by atoms with Crippen LogP contribution in [0.25, 0.3) is 11.4 Å². The van der Waals surface area contributed by atoms with Crippen molar-refractivity contribution in [3.8, 4) is 11.4 Å². The van der Waals surface area contributed by atoms with E-state index < -0.39 is 17.7 Å². The summed E-state index contributed by atoms with van der Waals surface area (Å²) in [5, 5.41) is 3.63. The Morgan fingerprint density at radius 3 is 2.55 bits per heavy atom. The van der Waals surface area contributed by atoms with Gasteiger partial charge in [0.2, 0.25) is 0 Å². The van der Waals surface area contributed by atoms with Crippen molar-refractivity contribution in [3.63, 3.8) is 0 Å². The number of ether oxygens (including phenoxy) is 1. The molecule has 0 fully saturated rings. The van der Waals surface area contributed by atoms with Crippen LogP contribution in [0.2, 0.25) is 0 Å². The van der Waals surface area contributed by atoms with Crippen LogP contribution in [0.4, 0.5) is 13.2 Å². The quantitative estimate of drug-likeness (QED) is 0.794. The average molecular weight is 286 g/mol. The lowest BCUT2D eigenvalue weighted by Gasteiger charge is -2.06. The van der Waals surface area contributed by atoms with Gasteiger partial charge in [-0.15, -0.1) is 0 Å². The van der Waals surface area contributed by atoms with Gasteiger partial charge in [0.05, 0.1) is 18.4 Å². The lowest BCUT2D eigenvalue weighted by Crippen LogP contribution is -2.06. The number of rotatable bonds is 2. The summed E-state index contributed by atoms with van der Waals surface area (Å²) in [7, 11) is 1.18. The molecule has 5 nitrogen and oxygen atoms in total. The third-order valence-electron chi connectivity index (χ3n) is 2.59. The number of alkyl halides is 3. The maximum Gasteiger partial charge on any atom is 0.417 e. The van der Waals surface area contributed by atoms with Crippen LogP contribution in [0.3, 0.4) is 0 Å². The first-order valence-electron chi connectivity index (χ1n) is 5.42. The maximum absolute atomic E-state index is 12.4. The standard InChI is InChI=1S/C12H9F3N2O3/c1-6-9(11(18)19-2)10(17-20-6)8-4-3-7(5-16-8)12(13,14)15/h3-5H,1-2H3. The lowest BCUT2D eigenvalue weighted by atomic mass is 10.1. The van der Waals surface area contributed by atoms with Crippen LogP contribution in [-0.4, -0.2) is 23.2 Å². The summed E-state index contributed by atoms with van der Waals surface area (Å²) in [4.78, 5) is 15.2. The molecule has 0 amide bonds. The van der Waals surface area contributed by atoms with Crippen molar-refractivity contribution in [1.82, 2.24) is 10.1 Å². The minimum atomic E-state index is -4.48. The molecule has 2 aromatic rings. The minimum Gasteiger partial charge on any atom is -0.465 e. The van der Waals surface area contributed by atoms with E-state index in [-0.39, 0.29) is 22.7 Å². The number of methoxy groups -OCH3 is 1. The van der Waals surface area contributed by atoms with E-state index in [1.807, 2.05) is 0 Å². The van der Waals surface area contributed by atoms with Crippen LogP contribution in [0.15, 0.2) is 22.9 Å². The summed E-state index contributed by atoms with van der Waals surface area (Å²) < 4.78 is 46.7. The molecule has 0 radical (unpaired) electrons. The molecule has 106 valence electrons. The zero-order valence-corrected chi connectivity index (χ0v) is 10.5. The molecule has 2 rings (SSSR count). The summed E-state index contributed by atoms with van der Waals surface area (Å²) >= 11 is 0. The summed E-state index contributed by atoms with van der Waals surface area (Å²) in [5.74, 6) is -0.492. The number of esters is 1. The molecule has 0 saturated carbocycles. The Kier molecular flexibility index (Phi) is 3.47. The molecule has 2 heterocycles. The Labute approximate surface area is 111 Å². The van der Waals surface area contributed by atoms with E-state index >= 15 is 0 Å². The monoisotopic (exact) mass is 286 g/mol. The van der Waals surface area contributed by atoms with E-state index in [2.05, 4.69) is 14.9 Å². The maximum atomic E-state index is 12.4. The molecule has 0 N–H and O–H groups in total. The molecule has 0 unspecified atom stereocenters. The molecule has 0 atom stereocenters. The normalized spacial score (nSPS) is 11.4. The molecule has 0 aliphatic heterocycles. The number of hydrogen-bond acceptors (Lipinski definition) is 5. The molecule has 0 saturated heterocycles. The van der Waals surface area contributed by atoms with Crippen LogP contribution >= 0.6 is 0 Å². The first kappa shape index (κ1) is 14.0. The molecule has 0 aromatic carbocycles. The number of carbonyl (C=O) groups excluding carboxylic acids is 1. The Hall–Kier alpha value is -2.38. The van der Waals surface area contributed by atoms with Gasteiger partial charge in [0.15, 0.2) is 0 Å². The SMILES string of the molecule is COC(=O)c1c(-c2ccc(C(F)(F)F)cn2)noc1C. The fourth-order valence-corrected chi connectivity index (χ4v) is 1.59. The Morgan fingerprint density at radius 1 is 1.35 bits per heavy atom. The number of halogens is 3. The fourth-order valence-electron chi connectivity index (χ4n) is 1.59. The Balaban J connectivity index is 2.45. The molecule has 8 heteroatoms. The van der Waals surface area contributed by atoms with Crippen molar-refractivity contribution >= 4 is 5.97 Å². The van der Waals surface area contributed by atoms with Gasteiger partial charge in [0.1, 0.15) is 17.0 Å². The smallest absolute Gasteiger partial charge is 0.417 e. The summed E-state index contributed by atoms with van der Waals surface area (Å²) in [6.45, 7) is 1.49. The van der Waals surface area contributed by atoms with Gasteiger partial charge in [-0.05, 0) is 19.1 Å². The number of nitrogens with zero attached hydrogens (tertiary/aromatic N) is 2. The first-order valence-corrected chi connectivity index (χ1v) is 5.42. The number of aromatic nitrogens is 2. The van der Waals surface area contributed by atoms with Crippen LogP contribution in [0.5, 0.6) is 0 Å². The molecular formula is C12H9F3N2O3. The number of aryl methyl sites for hydroxylation is 1. The minimum absolute atomic E-state index is 0.0414. The van der Waals surface area contributed by atoms with E-state index in [0.29, 0.717) is 6.20 Å². The van der Waals surface area contributed by atoms with Crippen molar-refractivity contribution in [1.29, 1.82) is 0 Å². The molecule has 2 aromatic heterocycles. The van der Waals surface area contributed by atoms with E-state index in [1.54, 1.807) is 0 Å². The highest BCUT2D eigenvalue weighted by atomic mass is 19.4. The van der Waals surface area contributed by atoms with Gasteiger partial charge in [-0.25, -0.2) is 4.79 Å². The van der Waals surface area contributed by atoms with Crippen LogP contribution < -0.4 is 0 Å². The van der Waals surface area contributed by atoms with Gasteiger partial charge in [-0.2, -0.15) is 13.2 Å². The second-order valence-corrected chi connectivity index (χ2v) is 3.88. The summed E-state index contributed by atoms with van der Waals surface area (Å²) in [6, 6.07) is 1.97. The molecule has 0 aliphatic rings. The zero-order valence-electron chi connectivity index (χ0n) is 10.5. The number of pyridine rings is 1. The van der Waals surface area contributed by atoms with Crippen molar-refractivity contribution in [2.75, 3.05) is 7.11 Å². The van der Waals surface area contributed by atoms with E-state index in [1.165, 1.54) is 14.0 Å². The van der Waals surface area contributed by atoms with Crippen molar-refractivity contribution in [3.05, 3.63) is 35.2 Å². The van der Waals surface area contributed by atoms with Gasteiger partial charge >= 0.3 is 12.1 Å². The second-order valence-electron chi connectivity index (χ2n) is 3.88. The van der Waals surface area contributed by atoms with E-state index in [4.69, 9.17) is 4.52 Å². The molecule has 0 bridgehead atoms. The third kappa shape index (κ3) is 2.49. The van der Waals surface area contributed by atoms with E-state index in [9.17, 15) is 18.0 Å². The number of hydrogen-bond donors (Lipinski definition) is 0. The fraction of sp³-hybridized carbons (Fsp3) is 0.250. The van der Waals surface area contributed by atoms with Gasteiger partial charge < -0.3 is 9.26 Å². The van der Waals surface area contributed by atoms with Crippen molar-refractivity contribution in [2.24, 2.45) is 0 Å². The lowest BCUT2D eigenvalue weighted by molar-refractivity contribution is -0.137. The van der Waals surface area contributed by atoms with Crippen LogP contribution in [0.1, 0.15) is 21.7 Å². The highest BCUT2D eigenvalue weighted by Gasteiger charge is 2.31.